The van der Waals surface area contributed by atoms with Gasteiger partial charge in [-0.05, 0) is 30.3 Å². The first-order valence-electron chi connectivity index (χ1n) is 8.79. The molecule has 2 aliphatic rings. The van der Waals surface area contributed by atoms with Crippen LogP contribution in [0.1, 0.15) is 5.56 Å². The molecule has 2 aliphatic heterocycles. The van der Waals surface area contributed by atoms with E-state index in [1.807, 2.05) is 49.5 Å². The number of benzene rings is 3. The predicted molar refractivity (Wildman–Crippen MR) is 107 cm³/mol. The maximum atomic E-state index is 12.8. The summed E-state index contributed by atoms with van der Waals surface area (Å²) in [4.78, 5) is 5.16. The van der Waals surface area contributed by atoms with Gasteiger partial charge in [0.25, 0.3) is 0 Å². The predicted octanol–water partition coefficient (Wildman–Crippen LogP) is 4.21. The van der Waals surface area contributed by atoms with Crippen molar-refractivity contribution in [2.75, 3.05) is 18.6 Å². The van der Waals surface area contributed by atoms with Crippen molar-refractivity contribution in [3.8, 4) is 11.1 Å². The van der Waals surface area contributed by atoms with Crippen molar-refractivity contribution in [2.24, 2.45) is 0 Å². The van der Waals surface area contributed by atoms with Gasteiger partial charge in [-0.3, -0.25) is 0 Å². The van der Waals surface area contributed by atoms with Crippen LogP contribution >= 0.6 is 0 Å². The van der Waals surface area contributed by atoms with Crippen LogP contribution in [-0.2, 0) is 9.84 Å². The van der Waals surface area contributed by atoms with Crippen molar-refractivity contribution in [1.82, 2.24) is 4.90 Å². The van der Waals surface area contributed by atoms with Crippen LogP contribution in [0.5, 0.6) is 0 Å². The molecule has 0 saturated heterocycles. The molecule has 5 rings (SSSR count). The minimum absolute atomic E-state index is 0.397. The highest BCUT2D eigenvalue weighted by Crippen LogP contribution is 2.44. The Morgan fingerprint density at radius 2 is 1.52 bits per heavy atom. The van der Waals surface area contributed by atoms with Crippen LogP contribution < -0.4 is 4.90 Å². The van der Waals surface area contributed by atoms with Crippen molar-refractivity contribution >= 4 is 21.2 Å². The summed E-state index contributed by atoms with van der Waals surface area (Å²) < 4.78 is 25.6. The molecule has 0 amide bonds. The fraction of sp³-hybridized carbons (Fsp3) is 0.0909. The summed E-state index contributed by atoms with van der Waals surface area (Å²) in [5.74, 6) is 0. The summed E-state index contributed by atoms with van der Waals surface area (Å²) in [5.41, 5.74) is 4.80. The van der Waals surface area contributed by atoms with Crippen LogP contribution in [0.3, 0.4) is 0 Å². The molecule has 0 atom stereocenters. The molecule has 0 aliphatic carbocycles. The number of anilines is 1. The summed E-state index contributed by atoms with van der Waals surface area (Å²) in [6.07, 6.45) is 2.12. The van der Waals surface area contributed by atoms with Gasteiger partial charge in [0.2, 0.25) is 9.84 Å². The van der Waals surface area contributed by atoms with Gasteiger partial charge < -0.3 is 9.80 Å². The first kappa shape index (κ1) is 16.1. The van der Waals surface area contributed by atoms with Crippen LogP contribution in [0.25, 0.3) is 16.8 Å². The number of para-hydroxylation sites is 1. The summed E-state index contributed by atoms with van der Waals surface area (Å²) in [6, 6.07) is 23.1. The van der Waals surface area contributed by atoms with Gasteiger partial charge in [-0.25, -0.2) is 8.42 Å². The van der Waals surface area contributed by atoms with Gasteiger partial charge in [0.05, 0.1) is 22.2 Å². The van der Waals surface area contributed by atoms with Crippen molar-refractivity contribution in [2.45, 2.75) is 9.79 Å². The fourth-order valence-corrected chi connectivity index (χ4v) is 5.51. The largest absolute Gasteiger partial charge is 0.355 e. The lowest BCUT2D eigenvalue weighted by Gasteiger charge is -2.19. The zero-order valence-electron chi connectivity index (χ0n) is 14.8. The Morgan fingerprint density at radius 3 is 2.33 bits per heavy atom. The Labute approximate surface area is 158 Å². The third kappa shape index (κ3) is 2.39. The molecule has 4 nitrogen and oxygen atoms in total. The second-order valence-corrected chi connectivity index (χ2v) is 8.76. The molecular weight excluding hydrogens is 356 g/mol. The summed E-state index contributed by atoms with van der Waals surface area (Å²) >= 11 is 0. The Bertz CT molecular complexity index is 1180. The van der Waals surface area contributed by atoms with E-state index in [4.69, 9.17) is 0 Å². The number of nitrogens with zero attached hydrogens (tertiary/aromatic N) is 2. The monoisotopic (exact) mass is 374 g/mol. The van der Waals surface area contributed by atoms with E-state index in [1.54, 1.807) is 18.2 Å². The first-order chi connectivity index (χ1) is 13.1. The highest BCUT2D eigenvalue weighted by Gasteiger charge is 2.33. The van der Waals surface area contributed by atoms with E-state index in [0.29, 0.717) is 9.79 Å². The van der Waals surface area contributed by atoms with Crippen LogP contribution in [0.4, 0.5) is 5.69 Å². The topological polar surface area (TPSA) is 40.6 Å². The minimum atomic E-state index is -3.42. The Balaban J connectivity index is 1.61. The quantitative estimate of drug-likeness (QED) is 0.527. The Kier molecular flexibility index (Phi) is 3.42. The lowest BCUT2D eigenvalue weighted by Crippen LogP contribution is -2.22. The molecule has 27 heavy (non-hydrogen) atoms. The van der Waals surface area contributed by atoms with E-state index in [-0.39, 0.29) is 0 Å². The SMILES string of the molecule is CN1CN(c2ccccc2)C=C1c1ccc2c(c1)-c1ccccc1S2(=O)=O. The van der Waals surface area contributed by atoms with Gasteiger partial charge in [-0.2, -0.15) is 0 Å². The summed E-state index contributed by atoms with van der Waals surface area (Å²) in [7, 11) is -1.37. The Morgan fingerprint density at radius 1 is 0.815 bits per heavy atom. The second kappa shape index (κ2) is 5.72. The van der Waals surface area contributed by atoms with Crippen LogP contribution in [-0.4, -0.2) is 27.0 Å². The molecule has 134 valence electrons. The molecule has 5 heteroatoms. The molecule has 0 unspecified atom stereocenters. The maximum absolute atomic E-state index is 12.8. The summed E-state index contributed by atoms with van der Waals surface area (Å²) in [6.45, 7) is 0.755. The zero-order chi connectivity index (χ0) is 18.6. The molecule has 0 spiro atoms. The first-order valence-corrected chi connectivity index (χ1v) is 10.3. The van der Waals surface area contributed by atoms with Crippen molar-refractivity contribution < 1.29 is 8.42 Å². The summed E-state index contributed by atoms with van der Waals surface area (Å²) in [5, 5.41) is 0. The van der Waals surface area contributed by atoms with Gasteiger partial charge in [0.15, 0.2) is 0 Å². The third-order valence-corrected chi connectivity index (χ3v) is 7.04. The average molecular weight is 374 g/mol. The minimum Gasteiger partial charge on any atom is -0.355 e. The van der Waals surface area contributed by atoms with E-state index in [0.717, 1.165) is 34.7 Å². The number of rotatable bonds is 2. The van der Waals surface area contributed by atoms with E-state index < -0.39 is 9.84 Å². The van der Waals surface area contributed by atoms with Crippen molar-refractivity contribution in [1.29, 1.82) is 0 Å². The van der Waals surface area contributed by atoms with E-state index in [9.17, 15) is 8.42 Å². The average Bonchev–Trinajstić information content (AvgIpc) is 3.19. The molecule has 0 bridgehead atoms. The molecule has 3 aromatic carbocycles. The molecule has 2 heterocycles. The molecule has 0 N–H and O–H groups in total. The zero-order valence-corrected chi connectivity index (χ0v) is 15.6. The highest BCUT2D eigenvalue weighted by molar-refractivity contribution is 7.92. The second-order valence-electron chi connectivity index (χ2n) is 6.87. The van der Waals surface area contributed by atoms with Gasteiger partial charge in [-0.15, -0.1) is 0 Å². The molecule has 0 radical (unpaired) electrons. The smallest absolute Gasteiger partial charge is 0.207 e. The molecule has 0 saturated carbocycles. The van der Waals surface area contributed by atoms with E-state index in [1.165, 1.54) is 0 Å². The number of fused-ring (bicyclic) bond motifs is 3. The van der Waals surface area contributed by atoms with Gasteiger partial charge in [0, 0.05) is 35.6 Å². The fourth-order valence-electron chi connectivity index (χ4n) is 3.84. The molecule has 3 aromatic rings. The van der Waals surface area contributed by atoms with E-state index >= 15 is 0 Å². The maximum Gasteiger partial charge on any atom is 0.207 e. The third-order valence-electron chi connectivity index (χ3n) is 5.17. The van der Waals surface area contributed by atoms with Gasteiger partial charge in [0.1, 0.15) is 0 Å². The van der Waals surface area contributed by atoms with Crippen molar-refractivity contribution in [3.05, 3.63) is 84.6 Å². The van der Waals surface area contributed by atoms with Crippen LogP contribution in [0, 0.1) is 0 Å². The Hall–Kier alpha value is -3.05. The molecule has 0 aromatic heterocycles. The lowest BCUT2D eigenvalue weighted by molar-refractivity contribution is 0.516. The van der Waals surface area contributed by atoms with Gasteiger partial charge >= 0.3 is 0 Å². The lowest BCUT2D eigenvalue weighted by atomic mass is 10.0. The molecular formula is C22H18N2O2S. The number of hydrogen-bond donors (Lipinski definition) is 0. The van der Waals surface area contributed by atoms with E-state index in [2.05, 4.69) is 28.1 Å². The van der Waals surface area contributed by atoms with Gasteiger partial charge in [-0.1, -0.05) is 42.5 Å². The number of hydrogen-bond acceptors (Lipinski definition) is 4. The highest BCUT2D eigenvalue weighted by atomic mass is 32.2. The standard InChI is InChI=1S/C22H18N2O2S/c1-23-15-24(17-7-3-2-4-8-17)14-20(23)16-11-12-22-19(13-16)18-9-5-6-10-21(18)27(22,25)26/h2-14H,15H2,1H3. The normalized spacial score (nSPS) is 16.9. The van der Waals surface area contributed by atoms with Crippen LogP contribution in [0.15, 0.2) is 88.8 Å². The number of sulfone groups is 1. The van der Waals surface area contributed by atoms with Crippen molar-refractivity contribution in [3.63, 3.8) is 0 Å². The molecule has 0 fully saturated rings. The van der Waals surface area contributed by atoms with Crippen LogP contribution in [0.2, 0.25) is 0 Å².